The van der Waals surface area contributed by atoms with Crippen LogP contribution in [0.5, 0.6) is 0 Å². The summed E-state index contributed by atoms with van der Waals surface area (Å²) in [4.78, 5) is 26.3. The predicted molar refractivity (Wildman–Crippen MR) is 82.9 cm³/mol. The van der Waals surface area contributed by atoms with E-state index in [-0.39, 0.29) is 17.1 Å². The van der Waals surface area contributed by atoms with Gasteiger partial charge in [-0.3, -0.25) is 9.59 Å². The molecule has 1 fully saturated rings. The van der Waals surface area contributed by atoms with Crippen molar-refractivity contribution in [3.05, 3.63) is 65.7 Å². The lowest BCUT2D eigenvalue weighted by Gasteiger charge is -2.19. The molecule has 1 aliphatic heterocycles. The first kappa shape index (κ1) is 13.8. The number of carbonyl (C=O) groups excluding carboxylic acids is 2. The van der Waals surface area contributed by atoms with Crippen molar-refractivity contribution in [1.29, 1.82) is 0 Å². The van der Waals surface area contributed by atoms with Crippen LogP contribution in [0.4, 0.5) is 5.69 Å². The van der Waals surface area contributed by atoms with Crippen LogP contribution in [-0.2, 0) is 4.79 Å². The summed E-state index contributed by atoms with van der Waals surface area (Å²) < 4.78 is 0. The summed E-state index contributed by atoms with van der Waals surface area (Å²) in [5.74, 6) is -0.125. The third kappa shape index (κ3) is 2.69. The number of amides is 1. The van der Waals surface area contributed by atoms with E-state index in [4.69, 9.17) is 11.6 Å². The minimum absolute atomic E-state index is 0.0386. The van der Waals surface area contributed by atoms with E-state index in [0.29, 0.717) is 29.8 Å². The Morgan fingerprint density at radius 3 is 2.38 bits per heavy atom. The van der Waals surface area contributed by atoms with Crippen LogP contribution in [0.2, 0.25) is 0 Å². The number of ketones is 1. The molecule has 2 aromatic rings. The van der Waals surface area contributed by atoms with Gasteiger partial charge in [-0.25, -0.2) is 0 Å². The smallest absolute Gasteiger partial charge is 0.228 e. The summed E-state index contributed by atoms with van der Waals surface area (Å²) >= 11 is 6.05. The van der Waals surface area contributed by atoms with E-state index in [1.807, 2.05) is 24.3 Å². The summed E-state index contributed by atoms with van der Waals surface area (Å²) in [6, 6.07) is 16.2. The second-order valence-electron chi connectivity index (χ2n) is 5.02. The van der Waals surface area contributed by atoms with Crippen LogP contribution in [0.3, 0.4) is 0 Å². The second kappa shape index (κ2) is 5.70. The van der Waals surface area contributed by atoms with Crippen LogP contribution in [-0.4, -0.2) is 23.6 Å². The van der Waals surface area contributed by atoms with Crippen molar-refractivity contribution in [1.82, 2.24) is 0 Å². The molecule has 3 rings (SSSR count). The lowest BCUT2D eigenvalue weighted by Crippen LogP contribution is -2.26. The predicted octanol–water partition coefficient (Wildman–Crippen LogP) is 3.26. The van der Waals surface area contributed by atoms with Gasteiger partial charge in [0, 0.05) is 24.1 Å². The SMILES string of the molecule is O=C(c1ccccc1)c1ccccc1N1CC(Cl)CC1=O. The zero-order valence-corrected chi connectivity index (χ0v) is 12.1. The number of hydrogen-bond donors (Lipinski definition) is 0. The highest BCUT2D eigenvalue weighted by atomic mass is 35.5. The number of nitrogens with zero attached hydrogens (tertiary/aromatic N) is 1. The minimum Gasteiger partial charge on any atom is -0.310 e. The van der Waals surface area contributed by atoms with Gasteiger partial charge in [0.1, 0.15) is 0 Å². The molecule has 1 aliphatic rings. The number of para-hydroxylation sites is 1. The van der Waals surface area contributed by atoms with E-state index in [9.17, 15) is 9.59 Å². The molecule has 1 heterocycles. The topological polar surface area (TPSA) is 37.4 Å². The van der Waals surface area contributed by atoms with Crippen molar-refractivity contribution in [3.8, 4) is 0 Å². The lowest BCUT2D eigenvalue weighted by atomic mass is 10.0. The van der Waals surface area contributed by atoms with Gasteiger partial charge in [0.05, 0.1) is 11.1 Å². The van der Waals surface area contributed by atoms with Crippen LogP contribution in [0.25, 0.3) is 0 Å². The first-order valence-electron chi connectivity index (χ1n) is 6.80. The van der Waals surface area contributed by atoms with Crippen molar-refractivity contribution in [3.63, 3.8) is 0 Å². The lowest BCUT2D eigenvalue weighted by molar-refractivity contribution is -0.117. The highest BCUT2D eigenvalue weighted by Crippen LogP contribution is 2.28. The molecule has 0 radical (unpaired) electrons. The number of rotatable bonds is 3. The second-order valence-corrected chi connectivity index (χ2v) is 5.64. The minimum atomic E-state index is -0.197. The van der Waals surface area contributed by atoms with Crippen molar-refractivity contribution in [2.75, 3.05) is 11.4 Å². The van der Waals surface area contributed by atoms with Crippen molar-refractivity contribution in [2.45, 2.75) is 11.8 Å². The monoisotopic (exact) mass is 299 g/mol. The summed E-state index contributed by atoms with van der Waals surface area (Å²) in [6.45, 7) is 0.444. The van der Waals surface area contributed by atoms with Gasteiger partial charge in [0.2, 0.25) is 5.91 Å². The van der Waals surface area contributed by atoms with E-state index >= 15 is 0 Å². The number of hydrogen-bond acceptors (Lipinski definition) is 2. The Balaban J connectivity index is 2.01. The summed E-state index contributed by atoms with van der Waals surface area (Å²) in [5.41, 5.74) is 1.78. The number of anilines is 1. The third-order valence-corrected chi connectivity index (χ3v) is 3.85. The van der Waals surface area contributed by atoms with Crippen LogP contribution < -0.4 is 4.90 Å². The highest BCUT2D eigenvalue weighted by molar-refractivity contribution is 6.24. The fraction of sp³-hybridized carbons (Fsp3) is 0.176. The maximum atomic E-state index is 12.6. The average Bonchev–Trinajstić information content (AvgIpc) is 2.86. The fourth-order valence-corrected chi connectivity index (χ4v) is 2.81. The third-order valence-electron chi connectivity index (χ3n) is 3.55. The summed E-state index contributed by atoms with van der Waals surface area (Å²) in [7, 11) is 0. The van der Waals surface area contributed by atoms with Crippen LogP contribution in [0, 0.1) is 0 Å². The maximum absolute atomic E-state index is 12.6. The molecule has 1 amide bonds. The molecule has 1 atom stereocenters. The molecule has 0 aromatic heterocycles. The number of carbonyl (C=O) groups is 2. The van der Waals surface area contributed by atoms with Gasteiger partial charge in [-0.15, -0.1) is 11.6 Å². The van der Waals surface area contributed by atoms with E-state index in [1.54, 1.807) is 35.2 Å². The molecule has 2 aromatic carbocycles. The van der Waals surface area contributed by atoms with Crippen molar-refractivity contribution >= 4 is 29.0 Å². The molecule has 0 aliphatic carbocycles. The van der Waals surface area contributed by atoms with Crippen molar-refractivity contribution < 1.29 is 9.59 Å². The molecule has 0 bridgehead atoms. The molecule has 4 heteroatoms. The molecule has 0 N–H and O–H groups in total. The van der Waals surface area contributed by atoms with E-state index in [0.717, 1.165) is 0 Å². The molecule has 3 nitrogen and oxygen atoms in total. The van der Waals surface area contributed by atoms with Crippen molar-refractivity contribution in [2.24, 2.45) is 0 Å². The molecule has 21 heavy (non-hydrogen) atoms. The highest BCUT2D eigenvalue weighted by Gasteiger charge is 2.31. The molecular weight excluding hydrogens is 286 g/mol. The van der Waals surface area contributed by atoms with Crippen LogP contribution in [0.1, 0.15) is 22.3 Å². The molecule has 1 unspecified atom stereocenters. The van der Waals surface area contributed by atoms with Gasteiger partial charge < -0.3 is 4.90 Å². The number of benzene rings is 2. The van der Waals surface area contributed by atoms with Gasteiger partial charge >= 0.3 is 0 Å². The average molecular weight is 300 g/mol. The van der Waals surface area contributed by atoms with Crippen LogP contribution >= 0.6 is 11.6 Å². The first-order valence-corrected chi connectivity index (χ1v) is 7.23. The van der Waals surface area contributed by atoms with E-state index in [1.165, 1.54) is 0 Å². The zero-order chi connectivity index (χ0) is 14.8. The Morgan fingerprint density at radius 2 is 1.71 bits per heavy atom. The van der Waals surface area contributed by atoms with E-state index < -0.39 is 0 Å². The van der Waals surface area contributed by atoms with E-state index in [2.05, 4.69) is 0 Å². The van der Waals surface area contributed by atoms with Gasteiger partial charge in [-0.1, -0.05) is 42.5 Å². The van der Waals surface area contributed by atoms with Gasteiger partial charge in [-0.2, -0.15) is 0 Å². The standard InChI is InChI=1S/C17H14ClNO2/c18-13-10-16(20)19(11-13)15-9-5-4-8-14(15)17(21)12-6-2-1-3-7-12/h1-9,13H,10-11H2. The molecule has 0 spiro atoms. The fourth-order valence-electron chi connectivity index (χ4n) is 2.54. The molecule has 1 saturated heterocycles. The Hall–Kier alpha value is -2.13. The quantitative estimate of drug-likeness (QED) is 0.644. The summed E-state index contributed by atoms with van der Waals surface area (Å²) in [5, 5.41) is -0.197. The molecule has 0 saturated carbocycles. The van der Waals surface area contributed by atoms with Gasteiger partial charge in [0.15, 0.2) is 5.78 Å². The number of halogens is 1. The Labute approximate surface area is 128 Å². The normalized spacial score (nSPS) is 18.0. The molecule has 106 valence electrons. The van der Waals surface area contributed by atoms with Crippen LogP contribution in [0.15, 0.2) is 54.6 Å². The molecular formula is C17H14ClNO2. The van der Waals surface area contributed by atoms with Gasteiger partial charge in [0.25, 0.3) is 0 Å². The maximum Gasteiger partial charge on any atom is 0.228 e. The summed E-state index contributed by atoms with van der Waals surface area (Å²) in [6.07, 6.45) is 0.315. The Bertz CT molecular complexity index is 684. The Morgan fingerprint density at radius 1 is 1.05 bits per heavy atom. The first-order chi connectivity index (χ1) is 10.2. The van der Waals surface area contributed by atoms with Gasteiger partial charge in [-0.05, 0) is 12.1 Å². The Kier molecular flexibility index (Phi) is 3.76. The number of alkyl halides is 1. The zero-order valence-electron chi connectivity index (χ0n) is 11.3. The largest absolute Gasteiger partial charge is 0.310 e.